The molecule has 2 N–H and O–H groups in total. The highest BCUT2D eigenvalue weighted by atomic mass is 35.5. The number of benzene rings is 1. The molecular weight excluding hydrogens is 388 g/mol. The number of amides is 2. The van der Waals surface area contributed by atoms with Crippen LogP contribution in [-0.4, -0.2) is 27.0 Å². The van der Waals surface area contributed by atoms with Gasteiger partial charge < -0.3 is 19.8 Å². The first-order valence-electron chi connectivity index (χ1n) is 9.76. The van der Waals surface area contributed by atoms with Gasteiger partial charge in [0.1, 0.15) is 0 Å². The fourth-order valence-corrected chi connectivity index (χ4v) is 3.95. The summed E-state index contributed by atoms with van der Waals surface area (Å²) in [6, 6.07) is 11.4. The van der Waals surface area contributed by atoms with Gasteiger partial charge in [0.15, 0.2) is 0 Å². The molecular formula is C22H25ClN4O2. The van der Waals surface area contributed by atoms with Crippen LogP contribution in [0.1, 0.15) is 37.7 Å². The lowest BCUT2D eigenvalue weighted by Crippen LogP contribution is -2.44. The molecule has 0 unspecified atom stereocenters. The Balaban J connectivity index is 1.45. The van der Waals surface area contributed by atoms with Gasteiger partial charge >= 0.3 is 6.03 Å². The summed E-state index contributed by atoms with van der Waals surface area (Å²) in [7, 11) is 0. The van der Waals surface area contributed by atoms with Crippen LogP contribution in [0.4, 0.5) is 4.79 Å². The van der Waals surface area contributed by atoms with Gasteiger partial charge in [-0.25, -0.2) is 4.79 Å². The number of H-pyrrole nitrogens is 1. The van der Waals surface area contributed by atoms with Crippen molar-refractivity contribution in [1.29, 1.82) is 0 Å². The van der Waals surface area contributed by atoms with Crippen LogP contribution in [0.3, 0.4) is 0 Å². The van der Waals surface area contributed by atoms with E-state index in [-0.39, 0.29) is 23.6 Å². The maximum Gasteiger partial charge on any atom is 0.318 e. The third kappa shape index (κ3) is 3.77. The first-order chi connectivity index (χ1) is 13.7. The van der Waals surface area contributed by atoms with E-state index in [1.54, 1.807) is 11.0 Å². The second kappa shape index (κ2) is 7.26. The number of hydrogen-bond donors (Lipinski definition) is 2. The largest absolute Gasteiger partial charge is 0.341 e. The highest BCUT2D eigenvalue weighted by Gasteiger charge is 2.23. The van der Waals surface area contributed by atoms with Crippen LogP contribution < -0.4 is 10.9 Å². The fraction of sp³-hybridized carbons (Fsp3) is 0.364. The number of urea groups is 1. The van der Waals surface area contributed by atoms with Crippen LogP contribution in [0, 0.1) is 0 Å². The second-order valence-electron chi connectivity index (χ2n) is 8.52. The molecule has 152 valence electrons. The molecule has 29 heavy (non-hydrogen) atoms. The third-order valence-corrected chi connectivity index (χ3v) is 5.77. The van der Waals surface area contributed by atoms with Gasteiger partial charge in [0, 0.05) is 57.9 Å². The van der Waals surface area contributed by atoms with Gasteiger partial charge in [-0.3, -0.25) is 4.79 Å². The zero-order valence-corrected chi connectivity index (χ0v) is 17.6. The molecule has 1 aliphatic heterocycles. The van der Waals surface area contributed by atoms with Gasteiger partial charge in [0.05, 0.1) is 6.54 Å². The van der Waals surface area contributed by atoms with Crippen molar-refractivity contribution in [2.24, 2.45) is 0 Å². The quantitative estimate of drug-likeness (QED) is 0.667. The van der Waals surface area contributed by atoms with Crippen molar-refractivity contribution < 1.29 is 4.79 Å². The number of nitrogens with one attached hydrogen (secondary N) is 2. The smallest absolute Gasteiger partial charge is 0.318 e. The molecule has 0 aliphatic carbocycles. The van der Waals surface area contributed by atoms with Gasteiger partial charge in [-0.05, 0) is 30.3 Å². The molecule has 4 rings (SSSR count). The van der Waals surface area contributed by atoms with E-state index in [9.17, 15) is 9.59 Å². The minimum absolute atomic E-state index is 0.129. The van der Waals surface area contributed by atoms with Crippen molar-refractivity contribution in [2.45, 2.75) is 45.8 Å². The standard InChI is InChI=1S/C22H25ClN4O2/c1-22(2,3)19-8-7-14(20(28)25-19)12-24-21(29)26-9-10-27-15(13-26)11-16-17(23)5-4-6-18(16)27/h4-8,11H,9-10,12-13H2,1-3H3,(H,24,29)(H,25,28). The molecule has 0 radical (unpaired) electrons. The van der Waals surface area contributed by atoms with E-state index in [1.807, 2.05) is 51.1 Å². The summed E-state index contributed by atoms with van der Waals surface area (Å²) >= 11 is 6.31. The Labute approximate surface area is 174 Å². The Morgan fingerprint density at radius 3 is 2.72 bits per heavy atom. The molecule has 0 atom stereocenters. The van der Waals surface area contributed by atoms with E-state index in [1.165, 1.54) is 0 Å². The molecule has 7 heteroatoms. The minimum atomic E-state index is -0.174. The number of pyridine rings is 1. The topological polar surface area (TPSA) is 70.1 Å². The van der Waals surface area contributed by atoms with Crippen molar-refractivity contribution in [1.82, 2.24) is 19.8 Å². The van der Waals surface area contributed by atoms with Crippen LogP contribution >= 0.6 is 11.6 Å². The zero-order valence-electron chi connectivity index (χ0n) is 16.9. The summed E-state index contributed by atoms with van der Waals surface area (Å²) in [5.74, 6) is 0. The first-order valence-corrected chi connectivity index (χ1v) is 10.1. The van der Waals surface area contributed by atoms with E-state index in [4.69, 9.17) is 11.6 Å². The lowest BCUT2D eigenvalue weighted by atomic mass is 9.91. The highest BCUT2D eigenvalue weighted by Crippen LogP contribution is 2.29. The Morgan fingerprint density at radius 1 is 1.21 bits per heavy atom. The predicted octanol–water partition coefficient (Wildman–Crippen LogP) is 4.01. The molecule has 2 aromatic heterocycles. The van der Waals surface area contributed by atoms with Crippen LogP contribution in [0.25, 0.3) is 10.9 Å². The number of rotatable bonds is 2. The molecule has 3 heterocycles. The van der Waals surface area contributed by atoms with Crippen molar-refractivity contribution in [2.75, 3.05) is 6.54 Å². The number of fused-ring (bicyclic) bond motifs is 3. The van der Waals surface area contributed by atoms with Crippen LogP contribution in [0.5, 0.6) is 0 Å². The summed E-state index contributed by atoms with van der Waals surface area (Å²) in [5.41, 5.74) is 3.28. The van der Waals surface area contributed by atoms with Gasteiger partial charge in [-0.1, -0.05) is 38.4 Å². The maximum absolute atomic E-state index is 12.7. The number of carbonyl (C=O) groups excluding carboxylic acids is 1. The lowest BCUT2D eigenvalue weighted by Gasteiger charge is -2.29. The average Bonchev–Trinajstić information content (AvgIpc) is 3.05. The molecule has 0 spiro atoms. The van der Waals surface area contributed by atoms with E-state index in [0.717, 1.165) is 27.3 Å². The number of halogens is 1. The summed E-state index contributed by atoms with van der Waals surface area (Å²) in [5, 5.41) is 4.61. The Bertz CT molecular complexity index is 1140. The monoisotopic (exact) mass is 412 g/mol. The summed E-state index contributed by atoms with van der Waals surface area (Å²) in [6.07, 6.45) is 0. The minimum Gasteiger partial charge on any atom is -0.341 e. The molecule has 3 aromatic rings. The molecule has 2 amide bonds. The Hall–Kier alpha value is -2.73. The van der Waals surface area contributed by atoms with E-state index < -0.39 is 0 Å². The molecule has 0 bridgehead atoms. The van der Waals surface area contributed by atoms with E-state index in [2.05, 4.69) is 14.9 Å². The van der Waals surface area contributed by atoms with E-state index >= 15 is 0 Å². The molecule has 0 fully saturated rings. The SMILES string of the molecule is CC(C)(C)c1ccc(CNC(=O)N2CCn3c(cc4c(Cl)cccc43)C2)c(=O)[nH]1. The first kappa shape index (κ1) is 19.6. The van der Waals surface area contributed by atoms with Crippen molar-refractivity contribution in [3.63, 3.8) is 0 Å². The Kier molecular flexibility index (Phi) is 4.90. The maximum atomic E-state index is 12.7. The number of hydrogen-bond acceptors (Lipinski definition) is 2. The van der Waals surface area contributed by atoms with Gasteiger partial charge in [0.25, 0.3) is 5.56 Å². The molecule has 1 aromatic carbocycles. The predicted molar refractivity (Wildman–Crippen MR) is 115 cm³/mol. The van der Waals surface area contributed by atoms with Crippen LogP contribution in [0.15, 0.2) is 41.2 Å². The lowest BCUT2D eigenvalue weighted by molar-refractivity contribution is 0.183. The summed E-state index contributed by atoms with van der Waals surface area (Å²) in [6.45, 7) is 8.16. The summed E-state index contributed by atoms with van der Waals surface area (Å²) in [4.78, 5) is 29.7. The molecule has 6 nitrogen and oxygen atoms in total. The third-order valence-electron chi connectivity index (χ3n) is 5.44. The number of nitrogens with zero attached hydrogens (tertiary/aromatic N) is 2. The Morgan fingerprint density at radius 2 is 2.00 bits per heavy atom. The number of carbonyl (C=O) groups is 1. The van der Waals surface area contributed by atoms with Crippen LogP contribution in [0.2, 0.25) is 5.02 Å². The van der Waals surface area contributed by atoms with Gasteiger partial charge in [-0.2, -0.15) is 0 Å². The molecule has 0 saturated heterocycles. The van der Waals surface area contributed by atoms with Crippen molar-refractivity contribution >= 4 is 28.5 Å². The number of aromatic amines is 1. The number of aromatic nitrogens is 2. The van der Waals surface area contributed by atoms with Crippen molar-refractivity contribution in [3.05, 3.63) is 68.7 Å². The second-order valence-corrected chi connectivity index (χ2v) is 8.92. The average molecular weight is 413 g/mol. The highest BCUT2D eigenvalue weighted by molar-refractivity contribution is 6.35. The molecule has 1 aliphatic rings. The summed E-state index contributed by atoms with van der Waals surface area (Å²) < 4.78 is 2.21. The van der Waals surface area contributed by atoms with Crippen molar-refractivity contribution in [3.8, 4) is 0 Å². The van der Waals surface area contributed by atoms with E-state index in [0.29, 0.717) is 25.2 Å². The zero-order chi connectivity index (χ0) is 20.8. The normalized spacial score (nSPS) is 14.1. The fourth-order valence-electron chi connectivity index (χ4n) is 3.73. The molecule has 0 saturated carbocycles. The van der Waals surface area contributed by atoms with Gasteiger partial charge in [-0.15, -0.1) is 0 Å². The van der Waals surface area contributed by atoms with Gasteiger partial charge in [0.2, 0.25) is 0 Å². The van der Waals surface area contributed by atoms with Crippen LogP contribution in [-0.2, 0) is 25.0 Å².